The summed E-state index contributed by atoms with van der Waals surface area (Å²) in [7, 11) is 0. The maximum atomic E-state index is 11.9. The lowest BCUT2D eigenvalue weighted by molar-refractivity contribution is 0.0509. The number of nitrogens with one attached hydrogen (secondary N) is 1. The third kappa shape index (κ3) is 7.82. The van der Waals surface area contributed by atoms with Gasteiger partial charge in [-0.2, -0.15) is 0 Å². The highest BCUT2D eigenvalue weighted by Crippen LogP contribution is 2.31. The molecule has 2 aromatic rings. The van der Waals surface area contributed by atoms with E-state index in [1.54, 1.807) is 0 Å². The van der Waals surface area contributed by atoms with Crippen LogP contribution in [0.5, 0.6) is 5.75 Å². The molecule has 0 spiro atoms. The molecule has 0 saturated carbocycles. The first-order valence-corrected chi connectivity index (χ1v) is 12.1. The van der Waals surface area contributed by atoms with Crippen molar-refractivity contribution < 1.29 is 14.3 Å². The molecule has 0 atom stereocenters. The molecular formula is C26H35BrN2O3. The molecule has 174 valence electrons. The lowest BCUT2D eigenvalue weighted by atomic mass is 9.96. The van der Waals surface area contributed by atoms with E-state index in [0.717, 1.165) is 48.3 Å². The van der Waals surface area contributed by atoms with Crippen LogP contribution in [0.4, 0.5) is 4.79 Å². The van der Waals surface area contributed by atoms with Gasteiger partial charge in [0.15, 0.2) is 0 Å². The van der Waals surface area contributed by atoms with Gasteiger partial charge in [0, 0.05) is 23.1 Å². The van der Waals surface area contributed by atoms with Crippen molar-refractivity contribution in [2.75, 3.05) is 19.6 Å². The van der Waals surface area contributed by atoms with Gasteiger partial charge in [0.2, 0.25) is 0 Å². The molecule has 32 heavy (non-hydrogen) atoms. The van der Waals surface area contributed by atoms with E-state index >= 15 is 0 Å². The average Bonchev–Trinajstić information content (AvgIpc) is 2.72. The molecule has 0 bridgehead atoms. The molecule has 1 aliphatic rings. The van der Waals surface area contributed by atoms with Gasteiger partial charge < -0.3 is 14.8 Å². The number of piperidine rings is 1. The number of nitrogens with zero attached hydrogens (tertiary/aromatic N) is 1. The van der Waals surface area contributed by atoms with E-state index in [0.29, 0.717) is 19.1 Å². The molecule has 1 amide bonds. The third-order valence-electron chi connectivity index (χ3n) is 5.58. The molecule has 3 rings (SSSR count). The second-order valence-electron chi connectivity index (χ2n) is 9.59. The fourth-order valence-electron chi connectivity index (χ4n) is 3.98. The number of hydrogen-bond acceptors (Lipinski definition) is 4. The Morgan fingerprint density at radius 2 is 1.84 bits per heavy atom. The van der Waals surface area contributed by atoms with Gasteiger partial charge in [-0.25, -0.2) is 4.79 Å². The first kappa shape index (κ1) is 24.6. The second kappa shape index (κ2) is 11.2. The van der Waals surface area contributed by atoms with Crippen molar-refractivity contribution in [3.63, 3.8) is 0 Å². The number of likely N-dealkylation sites (tertiary alicyclic amines) is 1. The smallest absolute Gasteiger partial charge is 0.407 e. The molecule has 1 N–H and O–H groups in total. The Hall–Kier alpha value is -2.05. The predicted octanol–water partition coefficient (Wildman–Crippen LogP) is 6.07. The van der Waals surface area contributed by atoms with E-state index in [2.05, 4.69) is 57.3 Å². The molecule has 2 aromatic carbocycles. The highest BCUT2D eigenvalue weighted by molar-refractivity contribution is 9.10. The van der Waals surface area contributed by atoms with Gasteiger partial charge in [0.1, 0.15) is 18.0 Å². The largest absolute Gasteiger partial charge is 0.488 e. The number of carbonyl (C=O) groups is 1. The molecule has 1 saturated heterocycles. The van der Waals surface area contributed by atoms with Gasteiger partial charge in [-0.15, -0.1) is 0 Å². The highest BCUT2D eigenvalue weighted by Gasteiger charge is 2.23. The third-order valence-corrected chi connectivity index (χ3v) is 6.04. The zero-order chi connectivity index (χ0) is 23.1. The SMILES string of the molecule is Cc1cc(Br)cc(CN2CCC(CNC(=O)OC(C)(C)C)CC2)c1OCc1ccccc1. The number of rotatable bonds is 7. The molecule has 5 nitrogen and oxygen atoms in total. The first-order valence-electron chi connectivity index (χ1n) is 11.3. The van der Waals surface area contributed by atoms with E-state index in [1.165, 1.54) is 11.1 Å². The summed E-state index contributed by atoms with van der Waals surface area (Å²) in [5.74, 6) is 1.46. The summed E-state index contributed by atoms with van der Waals surface area (Å²) in [5.41, 5.74) is 3.05. The summed E-state index contributed by atoms with van der Waals surface area (Å²) in [6, 6.07) is 14.5. The Morgan fingerprint density at radius 3 is 2.50 bits per heavy atom. The van der Waals surface area contributed by atoms with Crippen LogP contribution in [-0.2, 0) is 17.9 Å². The predicted molar refractivity (Wildman–Crippen MR) is 132 cm³/mol. The molecule has 1 fully saturated rings. The van der Waals surface area contributed by atoms with Gasteiger partial charge in [-0.3, -0.25) is 4.90 Å². The summed E-state index contributed by atoms with van der Waals surface area (Å²) in [6.45, 7) is 11.8. The van der Waals surface area contributed by atoms with Crippen LogP contribution < -0.4 is 10.1 Å². The number of aryl methyl sites for hydroxylation is 1. The molecule has 0 radical (unpaired) electrons. The van der Waals surface area contributed by atoms with E-state index in [9.17, 15) is 4.79 Å². The topological polar surface area (TPSA) is 50.8 Å². The fraction of sp³-hybridized carbons (Fsp3) is 0.500. The van der Waals surface area contributed by atoms with Crippen LogP contribution in [0.25, 0.3) is 0 Å². The van der Waals surface area contributed by atoms with Crippen molar-refractivity contribution in [2.24, 2.45) is 5.92 Å². The maximum Gasteiger partial charge on any atom is 0.407 e. The van der Waals surface area contributed by atoms with Crippen molar-refractivity contribution in [1.82, 2.24) is 10.2 Å². The number of ether oxygens (including phenoxy) is 2. The van der Waals surface area contributed by atoms with Crippen molar-refractivity contribution >= 4 is 22.0 Å². The van der Waals surface area contributed by atoms with Crippen LogP contribution in [0.2, 0.25) is 0 Å². The molecule has 0 unspecified atom stereocenters. The molecule has 6 heteroatoms. The Balaban J connectivity index is 1.53. The summed E-state index contributed by atoms with van der Waals surface area (Å²) in [6.07, 6.45) is 1.79. The Morgan fingerprint density at radius 1 is 1.16 bits per heavy atom. The lowest BCUT2D eigenvalue weighted by Crippen LogP contribution is -2.40. The Bertz CT molecular complexity index is 888. The second-order valence-corrected chi connectivity index (χ2v) is 10.5. The van der Waals surface area contributed by atoms with Gasteiger partial charge >= 0.3 is 6.09 Å². The minimum Gasteiger partial charge on any atom is -0.488 e. The lowest BCUT2D eigenvalue weighted by Gasteiger charge is -2.32. The first-order chi connectivity index (χ1) is 15.2. The Labute approximate surface area is 200 Å². The normalized spacial score (nSPS) is 15.4. The molecule has 0 aromatic heterocycles. The zero-order valence-electron chi connectivity index (χ0n) is 19.6. The van der Waals surface area contributed by atoms with Crippen LogP contribution in [0.15, 0.2) is 46.9 Å². The summed E-state index contributed by atoms with van der Waals surface area (Å²) < 4.78 is 12.7. The van der Waals surface area contributed by atoms with Crippen LogP contribution in [0.3, 0.4) is 0 Å². The number of alkyl carbamates (subject to hydrolysis) is 1. The molecule has 1 heterocycles. The van der Waals surface area contributed by atoms with E-state index in [-0.39, 0.29) is 6.09 Å². The van der Waals surface area contributed by atoms with Gasteiger partial charge in [0.25, 0.3) is 0 Å². The number of benzene rings is 2. The number of hydrogen-bond donors (Lipinski definition) is 1. The van der Waals surface area contributed by atoms with E-state index in [4.69, 9.17) is 9.47 Å². The summed E-state index contributed by atoms with van der Waals surface area (Å²) >= 11 is 3.65. The van der Waals surface area contributed by atoms with Gasteiger partial charge in [0.05, 0.1) is 0 Å². The van der Waals surface area contributed by atoms with E-state index in [1.807, 2.05) is 39.0 Å². The standard InChI is InChI=1S/C26H35BrN2O3/c1-19-14-23(27)15-22(24(19)31-18-21-8-6-5-7-9-21)17-29-12-10-20(11-13-29)16-28-25(30)32-26(2,3)4/h5-9,14-15,20H,10-13,16-18H2,1-4H3,(H,28,30). The molecule has 0 aliphatic carbocycles. The van der Waals surface area contributed by atoms with Crippen molar-refractivity contribution in [3.05, 3.63) is 63.6 Å². The maximum absolute atomic E-state index is 11.9. The van der Waals surface area contributed by atoms with Crippen molar-refractivity contribution in [2.45, 2.75) is 59.3 Å². The van der Waals surface area contributed by atoms with Gasteiger partial charge in [-0.05, 0) is 82.8 Å². The number of amides is 1. The summed E-state index contributed by atoms with van der Waals surface area (Å²) in [4.78, 5) is 14.4. The number of halogens is 1. The van der Waals surface area contributed by atoms with Crippen molar-refractivity contribution in [3.8, 4) is 5.75 Å². The molecule has 1 aliphatic heterocycles. The highest BCUT2D eigenvalue weighted by atomic mass is 79.9. The van der Waals surface area contributed by atoms with Crippen LogP contribution >= 0.6 is 15.9 Å². The van der Waals surface area contributed by atoms with Crippen LogP contribution in [-0.4, -0.2) is 36.2 Å². The molecular weight excluding hydrogens is 468 g/mol. The van der Waals surface area contributed by atoms with E-state index < -0.39 is 5.60 Å². The Kier molecular flexibility index (Phi) is 8.60. The van der Waals surface area contributed by atoms with Crippen LogP contribution in [0, 0.1) is 12.8 Å². The van der Waals surface area contributed by atoms with Crippen LogP contribution in [0.1, 0.15) is 50.3 Å². The minimum atomic E-state index is -0.462. The fourth-order valence-corrected chi connectivity index (χ4v) is 4.60. The average molecular weight is 503 g/mol. The summed E-state index contributed by atoms with van der Waals surface area (Å²) in [5, 5.41) is 2.92. The number of carbonyl (C=O) groups excluding carboxylic acids is 1. The van der Waals surface area contributed by atoms with Crippen molar-refractivity contribution in [1.29, 1.82) is 0 Å². The zero-order valence-corrected chi connectivity index (χ0v) is 21.2. The van der Waals surface area contributed by atoms with Gasteiger partial charge in [-0.1, -0.05) is 46.3 Å². The minimum absolute atomic E-state index is 0.329. The monoisotopic (exact) mass is 502 g/mol. The quantitative estimate of drug-likeness (QED) is 0.498.